The minimum Gasteiger partial charge on any atom is -0.356 e. The lowest BCUT2D eigenvalue weighted by Gasteiger charge is -2.27. The summed E-state index contributed by atoms with van der Waals surface area (Å²) in [6.07, 6.45) is 5.29. The van der Waals surface area contributed by atoms with Gasteiger partial charge in [-0.25, -0.2) is 4.98 Å². The maximum atomic E-state index is 12.5. The van der Waals surface area contributed by atoms with Crippen LogP contribution in [0.25, 0.3) is 15.5 Å². The second-order valence-corrected chi connectivity index (χ2v) is 7.51. The number of rotatable bonds is 5. The lowest BCUT2D eigenvalue weighted by Crippen LogP contribution is -2.31. The van der Waals surface area contributed by atoms with E-state index in [-0.39, 0.29) is 24.3 Å². The molecule has 3 aromatic rings. The number of fused-ring (bicyclic) bond motifs is 1. The van der Waals surface area contributed by atoms with Crippen molar-refractivity contribution in [2.24, 2.45) is 5.73 Å². The van der Waals surface area contributed by atoms with Gasteiger partial charge in [-0.1, -0.05) is 11.3 Å². The molecule has 0 saturated carbocycles. The number of ketones is 1. The molecule has 0 unspecified atom stereocenters. The summed E-state index contributed by atoms with van der Waals surface area (Å²) in [6, 6.07) is 5.17. The molecule has 27 heavy (non-hydrogen) atoms. The Kier molecular flexibility index (Phi) is 4.95. The highest BCUT2D eigenvalue weighted by Gasteiger charge is 2.16. The topological polar surface area (TPSA) is 106 Å². The van der Waals surface area contributed by atoms with Crippen LogP contribution in [0.2, 0.25) is 0 Å². The Bertz CT molecular complexity index is 1040. The smallest absolute Gasteiger partial charge is 0.277 e. The molecule has 0 bridgehead atoms. The van der Waals surface area contributed by atoms with E-state index in [1.54, 1.807) is 12.3 Å². The minimum absolute atomic E-state index is 0.00830. The number of nitrogens with zero attached hydrogens (tertiary/aromatic N) is 5. The van der Waals surface area contributed by atoms with Crippen molar-refractivity contribution >= 4 is 27.9 Å². The number of carbonyl (C=O) groups is 1. The van der Waals surface area contributed by atoms with Crippen molar-refractivity contribution in [2.45, 2.75) is 25.7 Å². The van der Waals surface area contributed by atoms with Gasteiger partial charge in [-0.05, 0) is 31.4 Å². The zero-order valence-electron chi connectivity index (χ0n) is 14.8. The second-order valence-electron chi connectivity index (χ2n) is 6.56. The first-order chi connectivity index (χ1) is 13.1. The number of anilines is 1. The molecule has 3 aromatic heterocycles. The molecule has 1 fully saturated rings. The summed E-state index contributed by atoms with van der Waals surface area (Å²) in [7, 11) is 0. The zero-order valence-corrected chi connectivity index (χ0v) is 15.6. The van der Waals surface area contributed by atoms with Gasteiger partial charge in [0.1, 0.15) is 10.8 Å². The quantitative estimate of drug-likeness (QED) is 0.706. The fraction of sp³-hybridized carbons (Fsp3) is 0.389. The van der Waals surface area contributed by atoms with Crippen molar-refractivity contribution in [3.63, 3.8) is 0 Å². The molecular formula is C18H20N6O2S. The first-order valence-electron chi connectivity index (χ1n) is 8.97. The van der Waals surface area contributed by atoms with Gasteiger partial charge in [0.15, 0.2) is 5.78 Å². The summed E-state index contributed by atoms with van der Waals surface area (Å²) in [5.41, 5.74) is 6.63. The average Bonchev–Trinajstić information content (AvgIpc) is 3.14. The third kappa shape index (κ3) is 3.74. The fourth-order valence-corrected chi connectivity index (χ4v) is 4.08. The van der Waals surface area contributed by atoms with Crippen molar-refractivity contribution < 1.29 is 4.79 Å². The Hall–Kier alpha value is -2.65. The van der Waals surface area contributed by atoms with Crippen LogP contribution in [0.1, 0.15) is 25.0 Å². The minimum atomic E-state index is -0.185. The number of piperidine rings is 1. The summed E-state index contributed by atoms with van der Waals surface area (Å²) in [5, 5.41) is 5.08. The van der Waals surface area contributed by atoms with Crippen molar-refractivity contribution in [3.05, 3.63) is 40.4 Å². The average molecular weight is 384 g/mol. The van der Waals surface area contributed by atoms with Gasteiger partial charge in [0.05, 0.1) is 13.0 Å². The maximum absolute atomic E-state index is 12.5. The molecule has 8 nitrogen and oxygen atoms in total. The summed E-state index contributed by atoms with van der Waals surface area (Å²) < 4.78 is 1.33. The van der Waals surface area contributed by atoms with E-state index in [9.17, 15) is 9.59 Å². The highest BCUT2D eigenvalue weighted by atomic mass is 32.1. The Morgan fingerprint density at radius 1 is 1.22 bits per heavy atom. The highest BCUT2D eigenvalue weighted by molar-refractivity contribution is 7.19. The number of carbonyl (C=O) groups excluding carboxylic acids is 1. The predicted octanol–water partition coefficient (Wildman–Crippen LogP) is 1.27. The molecule has 0 amide bonds. The Balaban J connectivity index is 1.69. The Morgan fingerprint density at radius 2 is 2.04 bits per heavy atom. The molecule has 0 radical (unpaired) electrons. The van der Waals surface area contributed by atoms with Gasteiger partial charge in [0.2, 0.25) is 4.96 Å². The molecule has 0 aliphatic carbocycles. The molecule has 4 rings (SSSR count). The molecule has 0 atom stereocenters. The van der Waals surface area contributed by atoms with Gasteiger partial charge in [-0.3, -0.25) is 14.6 Å². The van der Waals surface area contributed by atoms with E-state index in [0.29, 0.717) is 15.7 Å². The maximum Gasteiger partial charge on any atom is 0.277 e. The standard InChI is InChI=1S/C18H20N6O2S/c19-11-14(25)9-13-8-12(4-5-20-13)17-22-24-16(26)10-15(21-18(24)27-17)23-6-2-1-3-7-23/h4-5,8,10H,1-3,6-7,9,11,19H2. The van der Waals surface area contributed by atoms with Gasteiger partial charge in [0, 0.05) is 36.6 Å². The van der Waals surface area contributed by atoms with Crippen LogP contribution in [0.3, 0.4) is 0 Å². The van der Waals surface area contributed by atoms with Crippen LogP contribution in [0, 0.1) is 0 Å². The summed E-state index contributed by atoms with van der Waals surface area (Å²) >= 11 is 1.35. The van der Waals surface area contributed by atoms with Gasteiger partial charge in [0.25, 0.3) is 5.56 Å². The van der Waals surface area contributed by atoms with Crippen LogP contribution in [-0.4, -0.2) is 45.0 Å². The van der Waals surface area contributed by atoms with Gasteiger partial charge >= 0.3 is 0 Å². The second kappa shape index (κ2) is 7.53. The normalized spacial score (nSPS) is 14.6. The molecule has 1 aliphatic rings. The fourth-order valence-electron chi connectivity index (χ4n) is 3.18. The largest absolute Gasteiger partial charge is 0.356 e. The third-order valence-electron chi connectivity index (χ3n) is 4.58. The predicted molar refractivity (Wildman–Crippen MR) is 104 cm³/mol. The van der Waals surface area contributed by atoms with E-state index in [1.807, 2.05) is 12.1 Å². The number of aromatic nitrogens is 4. The SMILES string of the molecule is NCC(=O)Cc1cc(-c2nn3c(=O)cc(N4CCCCC4)nc3s2)ccn1. The molecule has 4 heterocycles. The van der Waals surface area contributed by atoms with E-state index in [2.05, 4.69) is 20.0 Å². The molecule has 9 heteroatoms. The highest BCUT2D eigenvalue weighted by Crippen LogP contribution is 2.26. The number of hydrogen-bond acceptors (Lipinski definition) is 8. The van der Waals surface area contributed by atoms with E-state index in [4.69, 9.17) is 5.73 Å². The molecule has 2 N–H and O–H groups in total. The Morgan fingerprint density at radius 3 is 2.81 bits per heavy atom. The molecule has 1 aliphatic heterocycles. The number of Topliss-reactive ketones (excluding diaryl/α,β-unsaturated/α-hetero) is 1. The van der Waals surface area contributed by atoms with Crippen LogP contribution in [-0.2, 0) is 11.2 Å². The molecule has 0 spiro atoms. The summed E-state index contributed by atoms with van der Waals surface area (Å²) in [4.78, 5) is 35.7. The molecule has 1 saturated heterocycles. The van der Waals surface area contributed by atoms with Crippen LogP contribution in [0.4, 0.5) is 5.82 Å². The number of pyridine rings is 1. The van der Waals surface area contributed by atoms with Crippen molar-refractivity contribution in [2.75, 3.05) is 24.5 Å². The van der Waals surface area contributed by atoms with Gasteiger partial charge in [-0.2, -0.15) is 9.61 Å². The van der Waals surface area contributed by atoms with Crippen LogP contribution in [0.5, 0.6) is 0 Å². The first kappa shape index (κ1) is 17.7. The van der Waals surface area contributed by atoms with Crippen molar-refractivity contribution in [1.29, 1.82) is 0 Å². The van der Waals surface area contributed by atoms with E-state index < -0.39 is 0 Å². The summed E-state index contributed by atoms with van der Waals surface area (Å²) in [6.45, 7) is 1.85. The van der Waals surface area contributed by atoms with E-state index in [0.717, 1.165) is 37.3 Å². The summed E-state index contributed by atoms with van der Waals surface area (Å²) in [5.74, 6) is 0.645. The van der Waals surface area contributed by atoms with Crippen molar-refractivity contribution in [1.82, 2.24) is 19.6 Å². The van der Waals surface area contributed by atoms with Gasteiger partial charge in [-0.15, -0.1) is 0 Å². The van der Waals surface area contributed by atoms with Crippen molar-refractivity contribution in [3.8, 4) is 10.6 Å². The van der Waals surface area contributed by atoms with Crippen LogP contribution >= 0.6 is 11.3 Å². The number of nitrogens with two attached hydrogens (primary N) is 1. The van der Waals surface area contributed by atoms with Gasteiger partial charge < -0.3 is 10.6 Å². The number of hydrogen-bond donors (Lipinski definition) is 1. The van der Waals surface area contributed by atoms with E-state index >= 15 is 0 Å². The molecule has 140 valence electrons. The zero-order chi connectivity index (χ0) is 18.8. The Labute approximate surface area is 159 Å². The first-order valence-corrected chi connectivity index (χ1v) is 9.78. The van der Waals surface area contributed by atoms with Crippen LogP contribution < -0.4 is 16.2 Å². The van der Waals surface area contributed by atoms with Crippen LogP contribution in [0.15, 0.2) is 29.2 Å². The third-order valence-corrected chi connectivity index (χ3v) is 5.54. The van der Waals surface area contributed by atoms with E-state index in [1.165, 1.54) is 22.3 Å². The lowest BCUT2D eigenvalue weighted by atomic mass is 10.1. The lowest BCUT2D eigenvalue weighted by molar-refractivity contribution is -0.117. The monoisotopic (exact) mass is 384 g/mol. The molecular weight excluding hydrogens is 364 g/mol. The molecule has 0 aromatic carbocycles.